The molecule has 76 valence electrons. The van der Waals surface area contributed by atoms with E-state index in [1.807, 2.05) is 32.0 Å². The molecule has 0 saturated heterocycles. The van der Waals surface area contributed by atoms with Crippen molar-refractivity contribution in [3.05, 3.63) is 29.3 Å². The van der Waals surface area contributed by atoms with Crippen molar-refractivity contribution in [3.8, 4) is 18.4 Å². The Morgan fingerprint density at radius 2 is 2.27 bits per heavy atom. The maximum atomic E-state index is 8.92. The van der Waals surface area contributed by atoms with Gasteiger partial charge in [-0.15, -0.1) is 12.3 Å². The Bertz CT molecular complexity index is 421. The third-order valence-electron chi connectivity index (χ3n) is 2.12. The zero-order chi connectivity index (χ0) is 11.3. The molecule has 1 aromatic carbocycles. The van der Waals surface area contributed by atoms with Crippen LogP contribution >= 0.6 is 0 Å². The molecule has 0 aliphatic carbocycles. The molecule has 0 spiro atoms. The van der Waals surface area contributed by atoms with Gasteiger partial charge in [-0.05, 0) is 31.5 Å². The van der Waals surface area contributed by atoms with E-state index in [1.165, 1.54) is 0 Å². The lowest BCUT2D eigenvalue weighted by Crippen LogP contribution is -2.15. The Labute approximate surface area is 90.9 Å². The lowest BCUT2D eigenvalue weighted by atomic mass is 10.1. The van der Waals surface area contributed by atoms with Crippen molar-refractivity contribution in [2.24, 2.45) is 0 Å². The maximum Gasteiger partial charge on any atom is 0.101 e. The molecule has 1 N–H and O–H groups in total. The van der Waals surface area contributed by atoms with E-state index in [1.54, 1.807) is 0 Å². The van der Waals surface area contributed by atoms with Gasteiger partial charge < -0.3 is 5.32 Å². The summed E-state index contributed by atoms with van der Waals surface area (Å²) < 4.78 is 0. The average molecular weight is 198 g/mol. The molecule has 2 heteroatoms. The van der Waals surface area contributed by atoms with Crippen LogP contribution in [0.1, 0.15) is 24.5 Å². The van der Waals surface area contributed by atoms with Gasteiger partial charge in [0.05, 0.1) is 11.3 Å². The molecule has 0 aliphatic heterocycles. The van der Waals surface area contributed by atoms with Crippen LogP contribution < -0.4 is 5.32 Å². The van der Waals surface area contributed by atoms with Crippen LogP contribution in [0.5, 0.6) is 0 Å². The topological polar surface area (TPSA) is 35.8 Å². The van der Waals surface area contributed by atoms with Gasteiger partial charge in [0.15, 0.2) is 0 Å². The van der Waals surface area contributed by atoms with Crippen LogP contribution in [0.15, 0.2) is 18.2 Å². The molecule has 1 rings (SSSR count). The molecule has 0 aromatic heterocycles. The molecule has 0 fully saturated rings. The fourth-order valence-corrected chi connectivity index (χ4v) is 1.37. The fourth-order valence-electron chi connectivity index (χ4n) is 1.37. The Morgan fingerprint density at radius 3 is 2.87 bits per heavy atom. The molecule has 0 aliphatic rings. The van der Waals surface area contributed by atoms with Gasteiger partial charge in [-0.2, -0.15) is 5.26 Å². The number of terminal acetylenes is 1. The van der Waals surface area contributed by atoms with Crippen molar-refractivity contribution >= 4 is 5.69 Å². The van der Waals surface area contributed by atoms with Gasteiger partial charge in [-0.3, -0.25) is 0 Å². The van der Waals surface area contributed by atoms with Crippen LogP contribution in [-0.4, -0.2) is 6.04 Å². The summed E-state index contributed by atoms with van der Waals surface area (Å²) in [7, 11) is 0. The molecule has 1 unspecified atom stereocenters. The summed E-state index contributed by atoms with van der Waals surface area (Å²) in [6, 6.07) is 8.05. The molecule has 2 nitrogen and oxygen atoms in total. The SMILES string of the molecule is C#CCC(C)Nc1cc(C)ccc1C#N. The summed E-state index contributed by atoms with van der Waals surface area (Å²) in [5, 5.41) is 12.2. The molecule has 0 amide bonds. The summed E-state index contributed by atoms with van der Waals surface area (Å²) in [5.41, 5.74) is 2.65. The van der Waals surface area contributed by atoms with Crippen molar-refractivity contribution in [1.29, 1.82) is 5.26 Å². The van der Waals surface area contributed by atoms with Crippen molar-refractivity contribution < 1.29 is 0 Å². The van der Waals surface area contributed by atoms with E-state index >= 15 is 0 Å². The van der Waals surface area contributed by atoms with Crippen LogP contribution in [0.2, 0.25) is 0 Å². The monoisotopic (exact) mass is 198 g/mol. The Kier molecular flexibility index (Phi) is 3.77. The molecule has 0 bridgehead atoms. The fraction of sp³-hybridized carbons (Fsp3) is 0.308. The molecule has 0 radical (unpaired) electrons. The standard InChI is InChI=1S/C13H14N2/c1-4-5-11(3)15-13-8-10(2)6-7-12(13)9-14/h1,6-8,11,15H,5H2,2-3H3. The van der Waals surface area contributed by atoms with Crippen LogP contribution in [0.25, 0.3) is 0 Å². The molecule has 1 aromatic rings. The largest absolute Gasteiger partial charge is 0.381 e. The molecular formula is C13H14N2. The van der Waals surface area contributed by atoms with Gasteiger partial charge in [0, 0.05) is 12.5 Å². The summed E-state index contributed by atoms with van der Waals surface area (Å²) in [4.78, 5) is 0. The maximum absolute atomic E-state index is 8.92. The average Bonchev–Trinajstić information content (AvgIpc) is 2.18. The lowest BCUT2D eigenvalue weighted by molar-refractivity contribution is 0.828. The van der Waals surface area contributed by atoms with Crippen molar-refractivity contribution in [3.63, 3.8) is 0 Å². The highest BCUT2D eigenvalue weighted by molar-refractivity contribution is 5.59. The van der Waals surface area contributed by atoms with Gasteiger partial charge >= 0.3 is 0 Å². The normalized spacial score (nSPS) is 11.2. The lowest BCUT2D eigenvalue weighted by Gasteiger charge is -2.14. The van der Waals surface area contributed by atoms with Crippen molar-refractivity contribution in [2.45, 2.75) is 26.3 Å². The minimum Gasteiger partial charge on any atom is -0.381 e. The second-order valence-corrected chi connectivity index (χ2v) is 3.61. The molecule has 0 saturated carbocycles. The van der Waals surface area contributed by atoms with Gasteiger partial charge in [0.1, 0.15) is 6.07 Å². The predicted molar refractivity (Wildman–Crippen MR) is 62.4 cm³/mol. The van der Waals surface area contributed by atoms with Gasteiger partial charge in [0.2, 0.25) is 0 Å². The Hall–Kier alpha value is -1.93. The quantitative estimate of drug-likeness (QED) is 0.758. The predicted octanol–water partition coefficient (Wildman–Crippen LogP) is 2.69. The minimum absolute atomic E-state index is 0.184. The van der Waals surface area contributed by atoms with E-state index in [0.717, 1.165) is 11.3 Å². The van der Waals surface area contributed by atoms with Crippen LogP contribution in [0, 0.1) is 30.6 Å². The number of hydrogen-bond acceptors (Lipinski definition) is 2. The van der Waals surface area contributed by atoms with Crippen LogP contribution in [0.4, 0.5) is 5.69 Å². The van der Waals surface area contributed by atoms with Crippen molar-refractivity contribution in [2.75, 3.05) is 5.32 Å². The molecular weight excluding hydrogens is 184 g/mol. The van der Waals surface area contributed by atoms with E-state index in [4.69, 9.17) is 11.7 Å². The van der Waals surface area contributed by atoms with Crippen LogP contribution in [-0.2, 0) is 0 Å². The summed E-state index contributed by atoms with van der Waals surface area (Å²) in [5.74, 6) is 2.59. The van der Waals surface area contributed by atoms with Crippen molar-refractivity contribution in [1.82, 2.24) is 0 Å². The number of hydrogen-bond donors (Lipinski definition) is 1. The van der Waals surface area contributed by atoms with E-state index in [-0.39, 0.29) is 6.04 Å². The smallest absolute Gasteiger partial charge is 0.101 e. The van der Waals surface area contributed by atoms with E-state index in [2.05, 4.69) is 17.3 Å². The first-order valence-electron chi connectivity index (χ1n) is 4.88. The second-order valence-electron chi connectivity index (χ2n) is 3.61. The van der Waals surface area contributed by atoms with Crippen LogP contribution in [0.3, 0.4) is 0 Å². The van der Waals surface area contributed by atoms with E-state index < -0.39 is 0 Å². The second kappa shape index (κ2) is 5.08. The third-order valence-corrected chi connectivity index (χ3v) is 2.12. The van der Waals surface area contributed by atoms with E-state index in [9.17, 15) is 0 Å². The molecule has 0 heterocycles. The number of nitrogens with zero attached hydrogens (tertiary/aromatic N) is 1. The summed E-state index contributed by atoms with van der Waals surface area (Å²) in [6.45, 7) is 4.00. The van der Waals surface area contributed by atoms with Gasteiger partial charge in [-0.1, -0.05) is 6.07 Å². The number of rotatable bonds is 3. The first-order valence-corrected chi connectivity index (χ1v) is 4.88. The number of benzene rings is 1. The van der Waals surface area contributed by atoms with E-state index in [0.29, 0.717) is 12.0 Å². The highest BCUT2D eigenvalue weighted by atomic mass is 14.9. The summed E-state index contributed by atoms with van der Waals surface area (Å²) in [6.07, 6.45) is 5.88. The first kappa shape index (κ1) is 11.1. The Balaban J connectivity index is 2.89. The number of aryl methyl sites for hydroxylation is 1. The zero-order valence-corrected chi connectivity index (χ0v) is 9.04. The number of nitrogens with one attached hydrogen (secondary N) is 1. The summed E-state index contributed by atoms with van der Waals surface area (Å²) >= 11 is 0. The minimum atomic E-state index is 0.184. The highest BCUT2D eigenvalue weighted by Crippen LogP contribution is 2.17. The first-order chi connectivity index (χ1) is 7.17. The highest BCUT2D eigenvalue weighted by Gasteiger charge is 2.05. The van der Waals surface area contributed by atoms with Gasteiger partial charge in [0.25, 0.3) is 0 Å². The third kappa shape index (κ3) is 3.04. The number of nitriles is 1. The number of anilines is 1. The molecule has 1 atom stereocenters. The zero-order valence-electron chi connectivity index (χ0n) is 9.04. The Morgan fingerprint density at radius 1 is 1.53 bits per heavy atom. The molecule has 15 heavy (non-hydrogen) atoms. The van der Waals surface area contributed by atoms with Gasteiger partial charge in [-0.25, -0.2) is 0 Å².